The molecule has 8 nitrogen and oxygen atoms in total. The summed E-state index contributed by atoms with van der Waals surface area (Å²) in [7, 11) is 0. The Kier molecular flexibility index (Phi) is 13.2. The minimum Gasteiger partial charge on any atom is -0.300 e. The number of amides is 3. The molecule has 3 fully saturated rings. The third-order valence-electron chi connectivity index (χ3n) is 10.5. The average molecular weight is 847 g/mol. The number of rotatable bonds is 9. The van der Waals surface area contributed by atoms with Crippen LogP contribution in [-0.4, -0.2) is 71.1 Å². The molecule has 3 aliphatic heterocycles. The zero-order valence-corrected chi connectivity index (χ0v) is 33.5. The number of hydrogen-bond donors (Lipinski definition) is 2. The average Bonchev–Trinajstić information content (AvgIpc) is 3.06. The molecule has 0 radical (unpaired) electrons. The number of nitrogens with zero attached hydrogens (tertiary/aromatic N) is 4. The van der Waals surface area contributed by atoms with Crippen molar-refractivity contribution in [3.63, 3.8) is 0 Å². The molecule has 0 bridgehead atoms. The Morgan fingerprint density at radius 2 is 1.68 bits per heavy atom. The third kappa shape index (κ3) is 9.79. The van der Waals surface area contributed by atoms with Gasteiger partial charge in [0.25, 0.3) is 0 Å². The minimum atomic E-state index is -0.305. The van der Waals surface area contributed by atoms with Crippen molar-refractivity contribution >= 4 is 33.9 Å². The number of carbonyl (C=O) groups excluding carboxylic acids is 2. The molecular formula is C41H54N6O2W. The van der Waals surface area contributed by atoms with Crippen LogP contribution in [0.4, 0.5) is 16.2 Å². The number of piperidine rings is 1. The van der Waals surface area contributed by atoms with Crippen molar-refractivity contribution in [2.24, 2.45) is 4.99 Å². The quantitative estimate of drug-likeness (QED) is 0.252. The zero-order valence-electron chi connectivity index (χ0n) is 30.6. The van der Waals surface area contributed by atoms with E-state index >= 15 is 0 Å². The second-order valence-electron chi connectivity index (χ2n) is 14.4. The van der Waals surface area contributed by atoms with Gasteiger partial charge in [-0.2, -0.15) is 0 Å². The maximum absolute atomic E-state index is 12.1. The van der Waals surface area contributed by atoms with Crippen LogP contribution >= 0.6 is 0 Å². The topological polar surface area (TPSA) is 80.3 Å². The molecule has 0 spiro atoms. The predicted molar refractivity (Wildman–Crippen MR) is 204 cm³/mol. The van der Waals surface area contributed by atoms with Crippen LogP contribution in [0.3, 0.4) is 0 Å². The van der Waals surface area contributed by atoms with Crippen molar-refractivity contribution in [3.05, 3.63) is 94.0 Å². The van der Waals surface area contributed by atoms with Crippen LogP contribution in [-0.2, 0) is 24.1 Å². The van der Waals surface area contributed by atoms with Gasteiger partial charge in [-0.15, -0.1) is 0 Å². The number of benzene rings is 2. The summed E-state index contributed by atoms with van der Waals surface area (Å²) in [5.74, 6) is 1.11. The number of imide groups is 1. The summed E-state index contributed by atoms with van der Waals surface area (Å²) in [6.45, 7) is 19.6. The number of likely N-dealkylation sites (tertiary alicyclic amines) is 1. The summed E-state index contributed by atoms with van der Waals surface area (Å²) in [6, 6.07) is 15.3. The first-order valence-corrected chi connectivity index (χ1v) is 19.8. The van der Waals surface area contributed by atoms with Gasteiger partial charge in [0.15, 0.2) is 0 Å². The van der Waals surface area contributed by atoms with E-state index in [0.717, 1.165) is 42.5 Å². The summed E-state index contributed by atoms with van der Waals surface area (Å²) in [4.78, 5) is 34.7. The number of nitrogens with one attached hydrogen (secondary N) is 2. The van der Waals surface area contributed by atoms with Gasteiger partial charge in [0.05, 0.1) is 0 Å². The fourth-order valence-electron chi connectivity index (χ4n) is 7.20. The summed E-state index contributed by atoms with van der Waals surface area (Å²) < 4.78 is 2.29. The molecule has 50 heavy (non-hydrogen) atoms. The molecular weight excluding hydrogens is 792 g/mol. The predicted octanol–water partition coefficient (Wildman–Crippen LogP) is 7.79. The van der Waals surface area contributed by atoms with E-state index in [1.807, 2.05) is 18.3 Å². The Hall–Kier alpha value is -3.61. The Morgan fingerprint density at radius 1 is 0.960 bits per heavy atom. The fourth-order valence-corrected chi connectivity index (χ4v) is 8.58. The first kappa shape index (κ1) is 37.6. The molecule has 3 amide bonds. The normalized spacial score (nSPS) is 19.1. The maximum atomic E-state index is 12.1. The van der Waals surface area contributed by atoms with Gasteiger partial charge in [0.1, 0.15) is 0 Å². The molecule has 266 valence electrons. The molecule has 2 N–H and O–H groups in total. The second-order valence-corrected chi connectivity index (χ2v) is 15.2. The molecule has 0 unspecified atom stereocenters. The van der Waals surface area contributed by atoms with Gasteiger partial charge in [-0.1, -0.05) is 36.2 Å². The van der Waals surface area contributed by atoms with Crippen LogP contribution < -0.4 is 15.5 Å². The number of hydrogen-bond acceptors (Lipinski definition) is 6. The van der Waals surface area contributed by atoms with Crippen LogP contribution in [0, 0.1) is 13.8 Å². The molecule has 6 rings (SSSR count). The van der Waals surface area contributed by atoms with E-state index < -0.39 is 0 Å². The van der Waals surface area contributed by atoms with E-state index in [0.29, 0.717) is 24.7 Å². The van der Waals surface area contributed by atoms with Crippen molar-refractivity contribution in [2.45, 2.75) is 91.5 Å². The van der Waals surface area contributed by atoms with Gasteiger partial charge in [0.2, 0.25) is 5.91 Å². The molecule has 1 aliphatic carbocycles. The number of carbonyl (C=O) groups is 2. The molecule has 4 aliphatic rings. The zero-order chi connectivity index (χ0) is 35.8. The van der Waals surface area contributed by atoms with E-state index in [2.05, 4.69) is 101 Å². The first-order valence-electron chi connectivity index (χ1n) is 18.1. The van der Waals surface area contributed by atoms with Crippen LogP contribution in [0.25, 0.3) is 0 Å². The third-order valence-corrected chi connectivity index (χ3v) is 11.3. The summed E-state index contributed by atoms with van der Waals surface area (Å²) in [5.41, 5.74) is 11.2. The number of aliphatic imine (C=N–C) groups is 1. The van der Waals surface area contributed by atoms with Crippen molar-refractivity contribution < 1.29 is 28.9 Å². The minimum absolute atomic E-state index is 0.186. The Labute approximate surface area is 310 Å². The molecule has 9 heteroatoms. The van der Waals surface area contributed by atoms with Crippen LogP contribution in [0.2, 0.25) is 0 Å². The molecule has 3 heterocycles. The molecule has 2 aromatic carbocycles. The van der Waals surface area contributed by atoms with E-state index in [-0.39, 0.29) is 11.9 Å². The monoisotopic (exact) mass is 846 g/mol. The molecule has 2 saturated heterocycles. The van der Waals surface area contributed by atoms with Crippen molar-refractivity contribution in [2.75, 3.05) is 42.9 Å². The van der Waals surface area contributed by atoms with Crippen molar-refractivity contribution in [3.8, 4) is 0 Å². The summed E-state index contributed by atoms with van der Waals surface area (Å²) in [6.07, 6.45) is 10.00. The van der Waals surface area contributed by atoms with E-state index in [4.69, 9.17) is 0 Å². The van der Waals surface area contributed by atoms with Crippen molar-refractivity contribution in [1.29, 1.82) is 0 Å². The molecule has 2 aromatic rings. The SMILES string of the molecule is C=C(/N=C\C1=C(C)CN(C([CH]=[W])=C(C)C)CC1)Nc1ccc(C)cc1.Cc1cc(C2CCN(C3CCC3)CC2)ccc1N1CCC(=O)NC1=O. The van der Waals surface area contributed by atoms with E-state index in [1.165, 1.54) is 98.1 Å². The number of allylic oxidation sites excluding steroid dienone is 2. The number of aryl methyl sites for hydroxylation is 2. The summed E-state index contributed by atoms with van der Waals surface area (Å²) >= 11 is 1.50. The Balaban J connectivity index is 0.000000194. The van der Waals surface area contributed by atoms with Gasteiger partial charge >= 0.3 is 144 Å². The first-order chi connectivity index (χ1) is 24.0. The van der Waals surface area contributed by atoms with Gasteiger partial charge in [-0.05, 0) is 75.7 Å². The Morgan fingerprint density at radius 3 is 2.26 bits per heavy atom. The molecule has 1 saturated carbocycles. The summed E-state index contributed by atoms with van der Waals surface area (Å²) in [5, 5.41) is 5.64. The smallest absolute Gasteiger partial charge is 0.300 e. The molecule has 0 atom stereocenters. The van der Waals surface area contributed by atoms with Gasteiger partial charge in [-0.25, -0.2) is 4.79 Å². The van der Waals surface area contributed by atoms with E-state index in [1.54, 1.807) is 4.90 Å². The van der Waals surface area contributed by atoms with Crippen molar-refractivity contribution in [1.82, 2.24) is 15.1 Å². The van der Waals surface area contributed by atoms with E-state index in [9.17, 15) is 9.59 Å². The van der Waals surface area contributed by atoms with Crippen LogP contribution in [0.15, 0.2) is 82.3 Å². The van der Waals surface area contributed by atoms with Gasteiger partial charge in [0, 0.05) is 24.7 Å². The van der Waals surface area contributed by atoms with Crippen LogP contribution in [0.1, 0.15) is 88.3 Å². The standard InChI is InChI=1S/C21H27N3.C20H27N3O2.W/c1-15(2)18(5)24-12-11-20(17(4)14-24)13-22-19(6)23-21-9-7-16(3)8-10-21;1-14-13-16(15-7-10-22(11-8-15)17-3-2-4-17)5-6-18(14)23-12-9-19(24)21-20(23)25;/h5,7-10,13,23H,6,11-12,14H2,1-4H3;5-6,13,15,17H,2-4,7-12H2,1H3,(H,21,24,25);/b22-13-;;. The second kappa shape index (κ2) is 17.5. The van der Waals surface area contributed by atoms with Gasteiger partial charge < -0.3 is 4.90 Å². The number of anilines is 2. The van der Waals surface area contributed by atoms with Crippen LogP contribution in [0.5, 0.6) is 0 Å². The fraction of sp³-hybridized carbons (Fsp3) is 0.463. The number of urea groups is 1. The molecule has 0 aromatic heterocycles. The Bertz CT molecular complexity index is 1660. The van der Waals surface area contributed by atoms with Gasteiger partial charge in [-0.3, -0.25) is 15.0 Å².